The van der Waals surface area contributed by atoms with Crippen molar-refractivity contribution < 1.29 is 0 Å². The van der Waals surface area contributed by atoms with Crippen LogP contribution in [0, 0.1) is 11.8 Å². The van der Waals surface area contributed by atoms with E-state index in [1.807, 2.05) is 18.5 Å². The molecule has 17 heavy (non-hydrogen) atoms. The topological polar surface area (TPSA) is 24.9 Å². The zero-order chi connectivity index (χ0) is 12.1. The fourth-order valence-corrected chi connectivity index (χ4v) is 3.12. The molecule has 1 fully saturated rings. The monoisotopic (exact) mass is 232 g/mol. The Kier molecular flexibility index (Phi) is 4.55. The number of aromatic nitrogens is 1. The van der Waals surface area contributed by atoms with Crippen molar-refractivity contribution >= 4 is 0 Å². The first kappa shape index (κ1) is 12.6. The second kappa shape index (κ2) is 6.15. The van der Waals surface area contributed by atoms with Crippen molar-refractivity contribution in [3.63, 3.8) is 0 Å². The van der Waals surface area contributed by atoms with Crippen LogP contribution in [0.1, 0.15) is 38.2 Å². The SMILES string of the molecule is CNC(Cc1cccnc1)C1CCCC(C)C1. The number of likely N-dealkylation sites (N-methyl/N-ethyl adjacent to an activating group) is 1. The van der Waals surface area contributed by atoms with Crippen LogP contribution in [0.5, 0.6) is 0 Å². The molecule has 1 aromatic rings. The number of hydrogen-bond acceptors (Lipinski definition) is 2. The minimum atomic E-state index is 0.613. The quantitative estimate of drug-likeness (QED) is 0.863. The predicted molar refractivity (Wildman–Crippen MR) is 71.9 cm³/mol. The van der Waals surface area contributed by atoms with E-state index in [1.54, 1.807) is 0 Å². The summed E-state index contributed by atoms with van der Waals surface area (Å²) in [6.45, 7) is 2.39. The molecule has 1 aliphatic carbocycles. The van der Waals surface area contributed by atoms with Gasteiger partial charge in [0.25, 0.3) is 0 Å². The van der Waals surface area contributed by atoms with E-state index in [9.17, 15) is 0 Å². The van der Waals surface area contributed by atoms with Gasteiger partial charge in [-0.25, -0.2) is 0 Å². The Morgan fingerprint density at radius 1 is 1.47 bits per heavy atom. The fourth-order valence-electron chi connectivity index (χ4n) is 3.12. The maximum Gasteiger partial charge on any atom is 0.0300 e. The summed E-state index contributed by atoms with van der Waals surface area (Å²) in [5.74, 6) is 1.74. The van der Waals surface area contributed by atoms with Crippen LogP contribution < -0.4 is 5.32 Å². The number of rotatable bonds is 4. The first-order valence-corrected chi connectivity index (χ1v) is 6.85. The minimum absolute atomic E-state index is 0.613. The molecule has 1 heterocycles. The van der Waals surface area contributed by atoms with Gasteiger partial charge in [0, 0.05) is 18.4 Å². The molecule has 0 aliphatic heterocycles. The Bertz CT molecular complexity index is 323. The summed E-state index contributed by atoms with van der Waals surface area (Å²) in [7, 11) is 2.10. The third kappa shape index (κ3) is 3.53. The van der Waals surface area contributed by atoms with Crippen molar-refractivity contribution in [3.05, 3.63) is 30.1 Å². The number of nitrogens with one attached hydrogen (secondary N) is 1. The van der Waals surface area contributed by atoms with Crippen LogP contribution in [0.4, 0.5) is 0 Å². The molecule has 0 radical (unpaired) electrons. The molecule has 1 aliphatic rings. The molecule has 3 unspecified atom stereocenters. The van der Waals surface area contributed by atoms with E-state index in [-0.39, 0.29) is 0 Å². The first-order chi connectivity index (χ1) is 8.29. The molecule has 1 saturated carbocycles. The minimum Gasteiger partial charge on any atom is -0.316 e. The summed E-state index contributed by atoms with van der Waals surface area (Å²) in [5, 5.41) is 3.51. The van der Waals surface area contributed by atoms with E-state index < -0.39 is 0 Å². The summed E-state index contributed by atoms with van der Waals surface area (Å²) >= 11 is 0. The van der Waals surface area contributed by atoms with Crippen molar-refractivity contribution in [3.8, 4) is 0 Å². The lowest BCUT2D eigenvalue weighted by Gasteiger charge is -2.33. The molecule has 0 aromatic carbocycles. The van der Waals surface area contributed by atoms with E-state index in [1.165, 1.54) is 31.2 Å². The molecule has 2 heteroatoms. The van der Waals surface area contributed by atoms with Gasteiger partial charge in [0.15, 0.2) is 0 Å². The molecule has 94 valence electrons. The molecule has 1 N–H and O–H groups in total. The van der Waals surface area contributed by atoms with Gasteiger partial charge in [0.2, 0.25) is 0 Å². The lowest BCUT2D eigenvalue weighted by molar-refractivity contribution is 0.227. The van der Waals surface area contributed by atoms with Gasteiger partial charge in [0.1, 0.15) is 0 Å². The average molecular weight is 232 g/mol. The van der Waals surface area contributed by atoms with Crippen LogP contribution in [-0.4, -0.2) is 18.1 Å². The van der Waals surface area contributed by atoms with E-state index >= 15 is 0 Å². The molecule has 0 saturated heterocycles. The van der Waals surface area contributed by atoms with Crippen LogP contribution >= 0.6 is 0 Å². The standard InChI is InChI=1S/C15H24N2/c1-12-5-3-7-14(9-12)15(16-2)10-13-6-4-8-17-11-13/h4,6,8,11-12,14-16H,3,5,7,9-10H2,1-2H3. The molecule has 3 atom stereocenters. The summed E-state index contributed by atoms with van der Waals surface area (Å²) in [6.07, 6.45) is 10.5. The van der Waals surface area contributed by atoms with Crippen molar-refractivity contribution in [1.29, 1.82) is 0 Å². The third-order valence-electron chi connectivity index (χ3n) is 4.10. The maximum absolute atomic E-state index is 4.20. The highest BCUT2D eigenvalue weighted by atomic mass is 14.9. The number of hydrogen-bond donors (Lipinski definition) is 1. The van der Waals surface area contributed by atoms with Crippen LogP contribution in [0.3, 0.4) is 0 Å². The highest BCUT2D eigenvalue weighted by molar-refractivity contribution is 5.10. The van der Waals surface area contributed by atoms with Gasteiger partial charge < -0.3 is 5.32 Å². The van der Waals surface area contributed by atoms with Gasteiger partial charge >= 0.3 is 0 Å². The van der Waals surface area contributed by atoms with E-state index in [0.717, 1.165) is 18.3 Å². The number of pyridine rings is 1. The maximum atomic E-state index is 4.20. The summed E-state index contributed by atoms with van der Waals surface area (Å²) in [4.78, 5) is 4.20. The molecule has 1 aromatic heterocycles. The van der Waals surface area contributed by atoms with E-state index in [4.69, 9.17) is 0 Å². The zero-order valence-electron chi connectivity index (χ0n) is 11.0. The van der Waals surface area contributed by atoms with Gasteiger partial charge in [-0.1, -0.05) is 25.8 Å². The van der Waals surface area contributed by atoms with Gasteiger partial charge in [-0.15, -0.1) is 0 Å². The van der Waals surface area contributed by atoms with Gasteiger partial charge in [-0.05, 0) is 49.8 Å². The van der Waals surface area contributed by atoms with Crippen LogP contribution in [-0.2, 0) is 6.42 Å². The van der Waals surface area contributed by atoms with E-state index in [2.05, 4.69) is 30.3 Å². The zero-order valence-corrected chi connectivity index (χ0v) is 11.0. The summed E-state index contributed by atoms with van der Waals surface area (Å²) in [5.41, 5.74) is 1.35. The predicted octanol–water partition coefficient (Wildman–Crippen LogP) is 3.04. The summed E-state index contributed by atoms with van der Waals surface area (Å²) < 4.78 is 0. The third-order valence-corrected chi connectivity index (χ3v) is 4.10. The molecule has 0 bridgehead atoms. The van der Waals surface area contributed by atoms with Gasteiger partial charge in [-0.3, -0.25) is 4.98 Å². The fraction of sp³-hybridized carbons (Fsp3) is 0.667. The molecule has 2 nitrogen and oxygen atoms in total. The van der Waals surface area contributed by atoms with Crippen LogP contribution in [0.2, 0.25) is 0 Å². The second-order valence-electron chi connectivity index (χ2n) is 5.49. The Balaban J connectivity index is 1.96. The molecular weight excluding hydrogens is 208 g/mol. The van der Waals surface area contributed by atoms with Crippen molar-refractivity contribution in [2.45, 2.75) is 45.1 Å². The lowest BCUT2D eigenvalue weighted by atomic mass is 9.77. The van der Waals surface area contributed by atoms with Crippen LogP contribution in [0.25, 0.3) is 0 Å². The largest absolute Gasteiger partial charge is 0.316 e. The van der Waals surface area contributed by atoms with Crippen molar-refractivity contribution in [1.82, 2.24) is 10.3 Å². The smallest absolute Gasteiger partial charge is 0.0300 e. The Labute approximate surface area is 105 Å². The lowest BCUT2D eigenvalue weighted by Crippen LogP contribution is -2.37. The van der Waals surface area contributed by atoms with Gasteiger partial charge in [-0.2, -0.15) is 0 Å². The molecule has 0 amide bonds. The Morgan fingerprint density at radius 2 is 2.35 bits per heavy atom. The summed E-state index contributed by atoms with van der Waals surface area (Å²) in [6, 6.07) is 4.83. The normalized spacial score (nSPS) is 26.7. The highest BCUT2D eigenvalue weighted by Crippen LogP contribution is 2.31. The van der Waals surface area contributed by atoms with E-state index in [0.29, 0.717) is 6.04 Å². The Morgan fingerprint density at radius 3 is 3.00 bits per heavy atom. The highest BCUT2D eigenvalue weighted by Gasteiger charge is 2.25. The molecular formula is C15H24N2. The number of nitrogens with zero attached hydrogens (tertiary/aromatic N) is 1. The van der Waals surface area contributed by atoms with Crippen LogP contribution in [0.15, 0.2) is 24.5 Å². The molecule has 2 rings (SSSR count). The first-order valence-electron chi connectivity index (χ1n) is 6.85. The second-order valence-corrected chi connectivity index (χ2v) is 5.49. The van der Waals surface area contributed by atoms with Crippen molar-refractivity contribution in [2.24, 2.45) is 11.8 Å². The molecule has 0 spiro atoms. The van der Waals surface area contributed by atoms with Crippen molar-refractivity contribution in [2.75, 3.05) is 7.05 Å². The Hall–Kier alpha value is -0.890. The van der Waals surface area contributed by atoms with Gasteiger partial charge in [0.05, 0.1) is 0 Å². The average Bonchev–Trinajstić information content (AvgIpc) is 2.37.